The van der Waals surface area contributed by atoms with Crippen LogP contribution in [0.4, 0.5) is 11.5 Å². The summed E-state index contributed by atoms with van der Waals surface area (Å²) in [6.45, 7) is 7.30. The molecule has 9 nitrogen and oxygen atoms in total. The number of nitrogens with zero attached hydrogens (tertiary/aromatic N) is 5. The molecular weight excluding hydrogens is 635 g/mol. The van der Waals surface area contributed by atoms with Gasteiger partial charge in [0.1, 0.15) is 17.1 Å². The number of aromatic nitrogens is 3. The van der Waals surface area contributed by atoms with E-state index < -0.39 is 0 Å². The van der Waals surface area contributed by atoms with Gasteiger partial charge in [-0.2, -0.15) is 5.26 Å². The molecular formula is C42H43N7O2. The van der Waals surface area contributed by atoms with Crippen molar-refractivity contribution in [3.63, 3.8) is 0 Å². The van der Waals surface area contributed by atoms with Gasteiger partial charge in [0.05, 0.1) is 11.7 Å². The van der Waals surface area contributed by atoms with Crippen molar-refractivity contribution in [1.29, 1.82) is 5.26 Å². The molecule has 2 fully saturated rings. The van der Waals surface area contributed by atoms with Crippen LogP contribution in [0.1, 0.15) is 66.3 Å². The Balaban J connectivity index is 1.06. The zero-order valence-electron chi connectivity index (χ0n) is 29.2. The van der Waals surface area contributed by atoms with Crippen LogP contribution in [0.15, 0.2) is 77.5 Å². The van der Waals surface area contributed by atoms with Gasteiger partial charge in [-0.05, 0) is 103 Å². The first-order valence-corrected chi connectivity index (χ1v) is 18.1. The van der Waals surface area contributed by atoms with Crippen LogP contribution < -0.4 is 10.6 Å². The van der Waals surface area contributed by atoms with Crippen LogP contribution in [0.25, 0.3) is 44.6 Å². The molecule has 3 N–H and O–H groups in total. The maximum atomic E-state index is 10.0. The van der Waals surface area contributed by atoms with Crippen molar-refractivity contribution < 1.29 is 9.52 Å². The maximum absolute atomic E-state index is 10.0. The highest BCUT2D eigenvalue weighted by Gasteiger charge is 2.21. The molecule has 0 spiro atoms. The number of β-amino-alcohol motifs (C(OH)–C–C–N with tert-alkyl or cyclic N) is 1. The third-order valence-corrected chi connectivity index (χ3v) is 10.6. The van der Waals surface area contributed by atoms with Crippen LogP contribution in [0, 0.1) is 25.2 Å². The van der Waals surface area contributed by atoms with E-state index in [4.69, 9.17) is 14.4 Å². The molecule has 0 amide bonds. The second-order valence-electron chi connectivity index (χ2n) is 14.2. The molecule has 1 aliphatic carbocycles. The minimum atomic E-state index is -0.241. The predicted molar refractivity (Wildman–Crippen MR) is 202 cm³/mol. The second-order valence-corrected chi connectivity index (χ2v) is 14.2. The summed E-state index contributed by atoms with van der Waals surface area (Å²) in [4.78, 5) is 16.7. The number of nitriles is 1. The van der Waals surface area contributed by atoms with Crippen LogP contribution >= 0.6 is 0 Å². The molecule has 3 aromatic heterocycles. The number of fused-ring (bicyclic) bond motifs is 2. The van der Waals surface area contributed by atoms with Gasteiger partial charge in [-0.3, -0.25) is 9.88 Å². The average molecular weight is 678 g/mol. The summed E-state index contributed by atoms with van der Waals surface area (Å²) in [7, 11) is 0. The third-order valence-electron chi connectivity index (χ3n) is 10.6. The van der Waals surface area contributed by atoms with Crippen molar-refractivity contribution in [2.45, 2.75) is 77.6 Å². The lowest BCUT2D eigenvalue weighted by Crippen LogP contribution is -2.30. The normalized spacial score (nSPS) is 16.9. The first-order chi connectivity index (χ1) is 24.9. The summed E-state index contributed by atoms with van der Waals surface area (Å²) >= 11 is 0. The Morgan fingerprint density at radius 1 is 0.922 bits per heavy atom. The van der Waals surface area contributed by atoms with Gasteiger partial charge in [-0.1, -0.05) is 43.5 Å². The summed E-state index contributed by atoms with van der Waals surface area (Å²) < 4.78 is 6.33. The summed E-state index contributed by atoms with van der Waals surface area (Å²) in [5.41, 5.74) is 10.9. The smallest absolute Gasteiger partial charge is 0.227 e. The molecule has 4 heterocycles. The SMILES string of the molecule is Cc1c(Nc2nccc3cc(CN4CC[C@@H](O)C4)cnc23)cccc1-c1cccc(-c2nc3cc(CNC4CCCCC4)cc(C#N)c3o2)c1C. The first-order valence-electron chi connectivity index (χ1n) is 18.1. The van der Waals surface area contributed by atoms with E-state index in [9.17, 15) is 10.4 Å². The topological polar surface area (TPSA) is 123 Å². The summed E-state index contributed by atoms with van der Waals surface area (Å²) in [6, 6.07) is 23.5. The molecule has 3 aromatic carbocycles. The number of hydrogen-bond acceptors (Lipinski definition) is 9. The molecule has 2 aliphatic rings. The average Bonchev–Trinajstić information content (AvgIpc) is 3.77. The van der Waals surface area contributed by atoms with E-state index in [-0.39, 0.29) is 6.10 Å². The minimum Gasteiger partial charge on any atom is -0.435 e. The van der Waals surface area contributed by atoms with E-state index in [1.807, 2.05) is 42.7 Å². The van der Waals surface area contributed by atoms with Crippen molar-refractivity contribution in [2.75, 3.05) is 18.4 Å². The molecule has 8 rings (SSSR count). The van der Waals surface area contributed by atoms with Gasteiger partial charge in [-0.25, -0.2) is 9.97 Å². The molecule has 1 atom stereocenters. The highest BCUT2D eigenvalue weighted by Crippen LogP contribution is 2.38. The fourth-order valence-electron chi connectivity index (χ4n) is 7.81. The van der Waals surface area contributed by atoms with Crippen LogP contribution in [0.3, 0.4) is 0 Å². The number of pyridine rings is 2. The van der Waals surface area contributed by atoms with E-state index >= 15 is 0 Å². The summed E-state index contributed by atoms with van der Waals surface area (Å²) in [5.74, 6) is 1.21. The van der Waals surface area contributed by atoms with Crippen molar-refractivity contribution >= 4 is 33.5 Å². The van der Waals surface area contributed by atoms with Gasteiger partial charge in [0.2, 0.25) is 5.89 Å². The van der Waals surface area contributed by atoms with Crippen LogP contribution in [0.5, 0.6) is 0 Å². The van der Waals surface area contributed by atoms with Gasteiger partial charge in [0, 0.05) is 61.3 Å². The van der Waals surface area contributed by atoms with Crippen LogP contribution in [0.2, 0.25) is 0 Å². The lowest BCUT2D eigenvalue weighted by Gasteiger charge is -2.22. The molecule has 6 aromatic rings. The zero-order chi connectivity index (χ0) is 34.9. The van der Waals surface area contributed by atoms with Crippen molar-refractivity contribution in [2.24, 2.45) is 0 Å². The van der Waals surface area contributed by atoms with Crippen molar-refractivity contribution in [3.05, 3.63) is 101 Å². The van der Waals surface area contributed by atoms with E-state index in [1.54, 1.807) is 0 Å². The Morgan fingerprint density at radius 2 is 1.73 bits per heavy atom. The number of oxazole rings is 1. The second kappa shape index (κ2) is 14.2. The van der Waals surface area contributed by atoms with Crippen molar-refractivity contribution in [1.82, 2.24) is 25.2 Å². The number of nitrogens with one attached hydrogen (secondary N) is 2. The molecule has 0 radical (unpaired) electrons. The highest BCUT2D eigenvalue weighted by atomic mass is 16.3. The number of aliphatic hydroxyl groups excluding tert-OH is 1. The lowest BCUT2D eigenvalue weighted by atomic mass is 9.93. The first kappa shape index (κ1) is 33.0. The van der Waals surface area contributed by atoms with Gasteiger partial charge < -0.3 is 20.2 Å². The number of rotatable bonds is 9. The molecule has 9 heteroatoms. The van der Waals surface area contributed by atoms with Gasteiger partial charge >= 0.3 is 0 Å². The summed E-state index contributed by atoms with van der Waals surface area (Å²) in [5, 5.41) is 28.2. The largest absolute Gasteiger partial charge is 0.435 e. The standard InChI is InChI=1S/C42H43N7O2/c1-26-34(10-6-12-36(26)42-48-38-20-28(18-31(21-43)40(38)51-42)22-45-32-8-4-3-5-9-32)35-11-7-13-37(27(35)2)47-41-39-30(14-16-44-41)19-29(23-46-39)24-49-17-15-33(50)25-49/h6-7,10-14,16,18-20,23,32-33,45,50H,3-5,8-9,15,17,22,24-25H2,1-2H3,(H,44,47)/t33-/m1/s1. The van der Waals surface area contributed by atoms with E-state index in [0.29, 0.717) is 47.5 Å². The maximum Gasteiger partial charge on any atom is 0.227 e. The molecule has 258 valence electrons. The molecule has 51 heavy (non-hydrogen) atoms. The predicted octanol–water partition coefficient (Wildman–Crippen LogP) is 8.33. The van der Waals surface area contributed by atoms with Crippen molar-refractivity contribution in [3.8, 4) is 28.7 Å². The lowest BCUT2D eigenvalue weighted by molar-refractivity contribution is 0.175. The van der Waals surface area contributed by atoms with Gasteiger partial charge in [-0.15, -0.1) is 0 Å². The molecule has 1 saturated heterocycles. The highest BCUT2D eigenvalue weighted by molar-refractivity contribution is 5.91. The van der Waals surface area contributed by atoms with E-state index in [0.717, 1.165) is 75.0 Å². The number of hydrogen-bond donors (Lipinski definition) is 3. The fraction of sp³-hybridized carbons (Fsp3) is 0.333. The van der Waals surface area contributed by atoms with E-state index in [1.165, 1.54) is 32.1 Å². The number of benzene rings is 3. The Hall–Kier alpha value is -5.14. The van der Waals surface area contributed by atoms with Gasteiger partial charge in [0.15, 0.2) is 11.4 Å². The van der Waals surface area contributed by atoms with Gasteiger partial charge in [0.25, 0.3) is 0 Å². The van der Waals surface area contributed by atoms with Crippen LogP contribution in [-0.4, -0.2) is 50.2 Å². The fourth-order valence-corrected chi connectivity index (χ4v) is 7.81. The molecule has 1 aliphatic heterocycles. The Bertz CT molecular complexity index is 2270. The Kier molecular flexibility index (Phi) is 9.22. The van der Waals surface area contributed by atoms with Crippen LogP contribution in [-0.2, 0) is 13.1 Å². The molecule has 0 unspecified atom stereocenters. The monoisotopic (exact) mass is 677 g/mol. The number of aliphatic hydroxyl groups is 1. The minimum absolute atomic E-state index is 0.241. The van der Waals surface area contributed by atoms with E-state index in [2.05, 4.69) is 70.8 Å². The summed E-state index contributed by atoms with van der Waals surface area (Å²) in [6.07, 6.45) is 10.6. The quantitative estimate of drug-likeness (QED) is 0.139. The number of anilines is 2. The molecule has 1 saturated carbocycles. The Morgan fingerprint density at radius 3 is 2.53 bits per heavy atom. The zero-order valence-corrected chi connectivity index (χ0v) is 29.2. The molecule has 0 bridgehead atoms. The third kappa shape index (κ3) is 6.83. The Labute approximate surface area is 298 Å². The number of likely N-dealkylation sites (tertiary alicyclic amines) is 1.